The Labute approximate surface area is 134 Å². The first-order chi connectivity index (χ1) is 11.1. The van der Waals surface area contributed by atoms with Crippen LogP contribution >= 0.6 is 0 Å². The third-order valence-electron chi connectivity index (χ3n) is 4.24. The van der Waals surface area contributed by atoms with Crippen LogP contribution in [0.4, 0.5) is 0 Å². The monoisotopic (exact) mass is 319 g/mol. The maximum Gasteiger partial charge on any atom is 0.231 e. The molecule has 2 aromatic rings. The van der Waals surface area contributed by atoms with Gasteiger partial charge < -0.3 is 24.5 Å². The fraction of sp³-hybridized carbons (Fsp3) is 0.500. The molecule has 0 radical (unpaired) electrons. The zero-order chi connectivity index (χ0) is 16.4. The van der Waals surface area contributed by atoms with E-state index in [0.29, 0.717) is 35.4 Å². The quantitative estimate of drug-likeness (QED) is 0.870. The third kappa shape index (κ3) is 2.84. The number of hydrogen-bond acceptors (Lipinski definition) is 7. The Morgan fingerprint density at radius 2 is 1.78 bits per heavy atom. The molecule has 1 aromatic heterocycles. The van der Waals surface area contributed by atoms with Gasteiger partial charge in [0.2, 0.25) is 11.6 Å². The highest BCUT2D eigenvalue weighted by Gasteiger charge is 2.38. The number of hydrogen-bond donors (Lipinski definition) is 1. The molecule has 0 unspecified atom stereocenters. The minimum Gasteiger partial charge on any atom is -0.493 e. The van der Waals surface area contributed by atoms with Gasteiger partial charge in [-0.2, -0.15) is 4.98 Å². The van der Waals surface area contributed by atoms with Crippen molar-refractivity contribution >= 4 is 0 Å². The van der Waals surface area contributed by atoms with E-state index in [1.54, 1.807) is 21.3 Å². The molecule has 1 aliphatic carbocycles. The number of nitrogens with two attached hydrogens (primary N) is 1. The first-order valence-corrected chi connectivity index (χ1v) is 7.50. The predicted molar refractivity (Wildman–Crippen MR) is 82.9 cm³/mol. The molecule has 7 heteroatoms. The molecule has 1 aliphatic rings. The van der Waals surface area contributed by atoms with Gasteiger partial charge in [-0.3, -0.25) is 0 Å². The van der Waals surface area contributed by atoms with E-state index in [9.17, 15) is 0 Å². The van der Waals surface area contributed by atoms with E-state index in [0.717, 1.165) is 24.8 Å². The number of rotatable bonds is 6. The average molecular weight is 319 g/mol. The summed E-state index contributed by atoms with van der Waals surface area (Å²) in [6, 6.07) is 3.74. The normalized spacial score (nSPS) is 15.8. The maximum absolute atomic E-state index is 6.22. The van der Waals surface area contributed by atoms with Gasteiger partial charge in [-0.15, -0.1) is 0 Å². The van der Waals surface area contributed by atoms with Crippen LogP contribution in [0.15, 0.2) is 16.7 Å². The van der Waals surface area contributed by atoms with Gasteiger partial charge >= 0.3 is 0 Å². The topological polar surface area (TPSA) is 92.6 Å². The molecule has 0 bridgehead atoms. The van der Waals surface area contributed by atoms with Gasteiger partial charge in [0.15, 0.2) is 17.3 Å². The van der Waals surface area contributed by atoms with Crippen molar-refractivity contribution in [2.45, 2.75) is 31.2 Å². The number of benzene rings is 1. The highest BCUT2D eigenvalue weighted by atomic mass is 16.5. The van der Waals surface area contributed by atoms with Crippen LogP contribution < -0.4 is 19.9 Å². The highest BCUT2D eigenvalue weighted by molar-refractivity contribution is 5.54. The molecule has 1 heterocycles. The standard InChI is InChI=1S/C16H21N3O4/c1-20-11-7-10(8-12(21-2)14(11)22-3)9-13-18-15(19-23-13)16(17)5-4-6-16/h7-8H,4-6,9,17H2,1-3H3. The lowest BCUT2D eigenvalue weighted by atomic mass is 9.77. The second kappa shape index (κ2) is 6.08. The minimum atomic E-state index is -0.420. The molecule has 7 nitrogen and oxygen atoms in total. The van der Waals surface area contributed by atoms with Crippen LogP contribution in [0, 0.1) is 0 Å². The molecule has 0 atom stereocenters. The van der Waals surface area contributed by atoms with Crippen LogP contribution in [0.1, 0.15) is 36.5 Å². The third-order valence-corrected chi connectivity index (χ3v) is 4.24. The van der Waals surface area contributed by atoms with Gasteiger partial charge in [-0.05, 0) is 37.0 Å². The molecule has 0 amide bonds. The maximum atomic E-state index is 6.22. The van der Waals surface area contributed by atoms with Crippen molar-refractivity contribution in [3.8, 4) is 17.2 Å². The molecule has 2 N–H and O–H groups in total. The van der Waals surface area contributed by atoms with Gasteiger partial charge in [0.05, 0.1) is 33.3 Å². The van der Waals surface area contributed by atoms with Gasteiger partial charge in [-0.1, -0.05) is 5.16 Å². The second-order valence-corrected chi connectivity index (χ2v) is 5.73. The smallest absolute Gasteiger partial charge is 0.231 e. The molecule has 0 spiro atoms. The van der Waals surface area contributed by atoms with Crippen molar-refractivity contribution in [1.82, 2.24) is 10.1 Å². The van der Waals surface area contributed by atoms with Crippen molar-refractivity contribution in [2.75, 3.05) is 21.3 Å². The highest BCUT2D eigenvalue weighted by Crippen LogP contribution is 2.39. The lowest BCUT2D eigenvalue weighted by molar-refractivity contribution is 0.229. The summed E-state index contributed by atoms with van der Waals surface area (Å²) in [6.07, 6.45) is 3.37. The summed E-state index contributed by atoms with van der Waals surface area (Å²) < 4.78 is 21.4. The molecule has 0 aliphatic heterocycles. The van der Waals surface area contributed by atoms with Gasteiger partial charge in [0.25, 0.3) is 0 Å². The predicted octanol–water partition coefficient (Wildman–Crippen LogP) is 2.02. The average Bonchev–Trinajstić information content (AvgIpc) is 3.00. The number of aromatic nitrogens is 2. The second-order valence-electron chi connectivity index (χ2n) is 5.73. The summed E-state index contributed by atoms with van der Waals surface area (Å²) in [6.45, 7) is 0. The summed E-state index contributed by atoms with van der Waals surface area (Å²) in [5.41, 5.74) is 6.72. The van der Waals surface area contributed by atoms with Crippen LogP contribution in [0.3, 0.4) is 0 Å². The molecule has 1 fully saturated rings. The van der Waals surface area contributed by atoms with E-state index < -0.39 is 5.54 Å². The fourth-order valence-corrected chi connectivity index (χ4v) is 2.72. The van der Waals surface area contributed by atoms with Crippen LogP contribution in [0.25, 0.3) is 0 Å². The van der Waals surface area contributed by atoms with Crippen LogP contribution in [-0.4, -0.2) is 31.5 Å². The van der Waals surface area contributed by atoms with E-state index in [4.69, 9.17) is 24.5 Å². The number of ether oxygens (including phenoxy) is 3. The Morgan fingerprint density at radius 3 is 2.26 bits per heavy atom. The molecular formula is C16H21N3O4. The summed E-state index contributed by atoms with van der Waals surface area (Å²) in [7, 11) is 4.74. The van der Waals surface area contributed by atoms with E-state index in [1.165, 1.54) is 0 Å². The Morgan fingerprint density at radius 1 is 1.13 bits per heavy atom. The lowest BCUT2D eigenvalue weighted by Gasteiger charge is -2.34. The molecule has 1 aromatic carbocycles. The Bertz CT molecular complexity index is 669. The van der Waals surface area contributed by atoms with E-state index >= 15 is 0 Å². The first kappa shape index (κ1) is 15.6. The summed E-state index contributed by atoms with van der Waals surface area (Å²) in [4.78, 5) is 4.44. The Balaban J connectivity index is 1.85. The van der Waals surface area contributed by atoms with Crippen molar-refractivity contribution in [3.05, 3.63) is 29.4 Å². The zero-order valence-electron chi connectivity index (χ0n) is 13.6. The summed E-state index contributed by atoms with van der Waals surface area (Å²) in [5, 5.41) is 4.03. The molecule has 124 valence electrons. The van der Waals surface area contributed by atoms with Crippen LogP contribution in [-0.2, 0) is 12.0 Å². The van der Waals surface area contributed by atoms with Crippen molar-refractivity contribution < 1.29 is 18.7 Å². The van der Waals surface area contributed by atoms with Crippen molar-refractivity contribution in [2.24, 2.45) is 5.73 Å². The molecule has 3 rings (SSSR count). The largest absolute Gasteiger partial charge is 0.493 e. The Hall–Kier alpha value is -2.28. The fourth-order valence-electron chi connectivity index (χ4n) is 2.72. The molecule has 23 heavy (non-hydrogen) atoms. The van der Waals surface area contributed by atoms with Crippen LogP contribution in [0.2, 0.25) is 0 Å². The van der Waals surface area contributed by atoms with Gasteiger partial charge in [0.1, 0.15) is 0 Å². The summed E-state index contributed by atoms with van der Waals surface area (Å²) >= 11 is 0. The molecular weight excluding hydrogens is 298 g/mol. The molecule has 0 saturated heterocycles. The van der Waals surface area contributed by atoms with E-state index in [1.807, 2.05) is 12.1 Å². The van der Waals surface area contributed by atoms with Crippen molar-refractivity contribution in [1.29, 1.82) is 0 Å². The van der Waals surface area contributed by atoms with E-state index in [2.05, 4.69) is 10.1 Å². The van der Waals surface area contributed by atoms with Gasteiger partial charge in [-0.25, -0.2) is 0 Å². The lowest BCUT2D eigenvalue weighted by Crippen LogP contribution is -2.44. The van der Waals surface area contributed by atoms with Crippen LogP contribution in [0.5, 0.6) is 17.2 Å². The number of nitrogens with zero attached hydrogens (tertiary/aromatic N) is 2. The van der Waals surface area contributed by atoms with Gasteiger partial charge in [0, 0.05) is 0 Å². The van der Waals surface area contributed by atoms with Crippen molar-refractivity contribution in [3.63, 3.8) is 0 Å². The SMILES string of the molecule is COc1cc(Cc2nc(C3(N)CCC3)no2)cc(OC)c1OC. The molecule has 1 saturated carbocycles. The Kier molecular flexibility index (Phi) is 4.12. The zero-order valence-corrected chi connectivity index (χ0v) is 13.6. The summed E-state index contributed by atoms with van der Waals surface area (Å²) in [5.74, 6) is 2.85. The first-order valence-electron chi connectivity index (χ1n) is 7.50. The number of methoxy groups -OCH3 is 3. The van der Waals surface area contributed by atoms with E-state index in [-0.39, 0.29) is 0 Å². The minimum absolute atomic E-state index is 0.420.